The smallest absolute Gasteiger partial charge is 0.271 e. The minimum absolute atomic E-state index is 0.0823. The number of rotatable bonds is 5. The Kier molecular flexibility index (Phi) is 5.72. The van der Waals surface area contributed by atoms with E-state index in [4.69, 9.17) is 28.6 Å². The van der Waals surface area contributed by atoms with Gasteiger partial charge in [-0.3, -0.25) is 10.1 Å². The fourth-order valence-corrected chi connectivity index (χ4v) is 2.29. The number of thiocarbonyl (C=S) groups is 1. The minimum atomic E-state index is -0.509. The van der Waals surface area contributed by atoms with Gasteiger partial charge in [-0.05, 0) is 37.3 Å². The summed E-state index contributed by atoms with van der Waals surface area (Å²) in [4.78, 5) is 10.2. The molecule has 0 aliphatic heterocycles. The second-order valence-corrected chi connectivity index (χ2v) is 5.25. The van der Waals surface area contributed by atoms with Crippen LogP contribution in [0, 0.1) is 10.1 Å². The van der Waals surface area contributed by atoms with Crippen molar-refractivity contribution < 1.29 is 9.66 Å². The molecule has 6 nitrogen and oxygen atoms in total. The van der Waals surface area contributed by atoms with E-state index < -0.39 is 4.92 Å². The van der Waals surface area contributed by atoms with E-state index >= 15 is 0 Å². The van der Waals surface area contributed by atoms with Crippen LogP contribution >= 0.6 is 23.8 Å². The van der Waals surface area contributed by atoms with E-state index in [1.165, 1.54) is 18.2 Å². The Morgan fingerprint density at radius 1 is 1.26 bits per heavy atom. The predicted molar refractivity (Wildman–Crippen MR) is 95.6 cm³/mol. The number of non-ortho nitro benzene ring substituents is 1. The number of hydrogen-bond acceptors (Lipinski definition) is 4. The lowest BCUT2D eigenvalue weighted by atomic mass is 10.3. The lowest BCUT2D eigenvalue weighted by molar-refractivity contribution is -0.384. The van der Waals surface area contributed by atoms with E-state index in [9.17, 15) is 10.1 Å². The summed E-state index contributed by atoms with van der Waals surface area (Å²) in [7, 11) is 0. The quantitative estimate of drug-likeness (QED) is 0.470. The number of halogens is 1. The molecule has 0 aliphatic carbocycles. The molecule has 0 unspecified atom stereocenters. The molecule has 0 saturated heterocycles. The van der Waals surface area contributed by atoms with Crippen molar-refractivity contribution in [3.8, 4) is 5.75 Å². The maximum Gasteiger partial charge on any atom is 0.271 e. The molecular formula is C15H14ClN3O3S. The fraction of sp³-hybridized carbons (Fsp3) is 0.133. The highest BCUT2D eigenvalue weighted by Gasteiger charge is 2.11. The van der Waals surface area contributed by atoms with Crippen LogP contribution < -0.4 is 15.4 Å². The molecule has 0 bridgehead atoms. The SMILES string of the molecule is CCOc1ccccc1NC(=S)Nc1ccc([N+](=O)[O-])cc1Cl. The first-order chi connectivity index (χ1) is 11.0. The molecule has 0 radical (unpaired) electrons. The Morgan fingerprint density at radius 2 is 1.96 bits per heavy atom. The van der Waals surface area contributed by atoms with Crippen molar-refractivity contribution in [1.29, 1.82) is 0 Å². The monoisotopic (exact) mass is 351 g/mol. The molecule has 0 atom stereocenters. The van der Waals surface area contributed by atoms with E-state index in [0.717, 1.165) is 0 Å². The van der Waals surface area contributed by atoms with Crippen LogP contribution in [0.15, 0.2) is 42.5 Å². The molecule has 2 aromatic rings. The van der Waals surface area contributed by atoms with Gasteiger partial charge in [0, 0.05) is 12.1 Å². The van der Waals surface area contributed by atoms with Gasteiger partial charge in [0.2, 0.25) is 0 Å². The molecule has 0 saturated carbocycles. The maximum atomic E-state index is 10.7. The number of anilines is 2. The summed E-state index contributed by atoms with van der Waals surface area (Å²) in [6.45, 7) is 2.43. The number of nitro benzene ring substituents is 1. The molecule has 0 spiro atoms. The van der Waals surface area contributed by atoms with Gasteiger partial charge in [0.15, 0.2) is 5.11 Å². The average molecular weight is 352 g/mol. The first-order valence-corrected chi connectivity index (χ1v) is 7.53. The summed E-state index contributed by atoms with van der Waals surface area (Å²) >= 11 is 11.3. The Labute approximate surface area is 143 Å². The molecule has 2 aromatic carbocycles. The highest BCUT2D eigenvalue weighted by Crippen LogP contribution is 2.28. The highest BCUT2D eigenvalue weighted by atomic mass is 35.5. The van der Waals surface area contributed by atoms with Gasteiger partial charge in [-0.25, -0.2) is 0 Å². The van der Waals surface area contributed by atoms with Crippen LogP contribution in [0.4, 0.5) is 17.1 Å². The van der Waals surface area contributed by atoms with Crippen LogP contribution in [-0.4, -0.2) is 16.6 Å². The zero-order valence-electron chi connectivity index (χ0n) is 12.2. The third kappa shape index (κ3) is 4.54. The standard InChI is InChI=1S/C15H14ClN3O3S/c1-2-22-14-6-4-3-5-13(14)18-15(23)17-12-8-7-10(19(20)21)9-11(12)16/h3-9H,2H2,1H3,(H2,17,18,23). The number of para-hydroxylation sites is 2. The van der Waals surface area contributed by atoms with Crippen LogP contribution in [0.3, 0.4) is 0 Å². The largest absolute Gasteiger partial charge is 0.492 e. The molecule has 0 fully saturated rings. The van der Waals surface area contributed by atoms with Gasteiger partial charge in [-0.15, -0.1) is 0 Å². The molecule has 0 aliphatic rings. The van der Waals surface area contributed by atoms with E-state index in [1.54, 1.807) is 0 Å². The van der Waals surface area contributed by atoms with E-state index in [0.29, 0.717) is 28.8 Å². The van der Waals surface area contributed by atoms with Crippen molar-refractivity contribution in [1.82, 2.24) is 0 Å². The summed E-state index contributed by atoms with van der Waals surface area (Å²) in [6.07, 6.45) is 0. The predicted octanol–water partition coefficient (Wildman–Crippen LogP) is 4.46. The van der Waals surface area contributed by atoms with Crippen LogP contribution in [-0.2, 0) is 0 Å². The van der Waals surface area contributed by atoms with Gasteiger partial charge < -0.3 is 15.4 Å². The Bertz CT molecular complexity index is 740. The number of nitro groups is 1. The minimum Gasteiger partial charge on any atom is -0.492 e. The zero-order valence-corrected chi connectivity index (χ0v) is 13.8. The van der Waals surface area contributed by atoms with Crippen LogP contribution in [0.2, 0.25) is 5.02 Å². The van der Waals surface area contributed by atoms with Crippen molar-refractivity contribution in [2.24, 2.45) is 0 Å². The number of ether oxygens (including phenoxy) is 1. The molecule has 8 heteroatoms. The lowest BCUT2D eigenvalue weighted by Gasteiger charge is -2.14. The first kappa shape index (κ1) is 17.0. The number of hydrogen-bond donors (Lipinski definition) is 2. The zero-order chi connectivity index (χ0) is 16.8. The number of nitrogens with zero attached hydrogens (tertiary/aromatic N) is 1. The van der Waals surface area contributed by atoms with Crippen LogP contribution in [0.1, 0.15) is 6.92 Å². The van der Waals surface area contributed by atoms with Crippen LogP contribution in [0.5, 0.6) is 5.75 Å². The van der Waals surface area contributed by atoms with Gasteiger partial charge >= 0.3 is 0 Å². The summed E-state index contributed by atoms with van der Waals surface area (Å²) in [5.74, 6) is 0.675. The Morgan fingerprint density at radius 3 is 2.61 bits per heavy atom. The Balaban J connectivity index is 2.10. The second kappa shape index (κ2) is 7.75. The van der Waals surface area contributed by atoms with Crippen molar-refractivity contribution in [3.05, 3.63) is 57.6 Å². The molecule has 0 aromatic heterocycles. The molecule has 2 N–H and O–H groups in total. The summed E-state index contributed by atoms with van der Waals surface area (Å²) < 4.78 is 5.50. The molecule has 0 heterocycles. The second-order valence-electron chi connectivity index (χ2n) is 4.43. The third-order valence-electron chi connectivity index (χ3n) is 2.85. The molecule has 2 rings (SSSR count). The summed E-state index contributed by atoms with van der Waals surface area (Å²) in [5.41, 5.74) is 1.11. The normalized spacial score (nSPS) is 10.0. The number of benzene rings is 2. The van der Waals surface area contributed by atoms with E-state index in [2.05, 4.69) is 10.6 Å². The topological polar surface area (TPSA) is 76.4 Å². The molecular weight excluding hydrogens is 338 g/mol. The van der Waals surface area contributed by atoms with Crippen molar-refractivity contribution in [3.63, 3.8) is 0 Å². The maximum absolute atomic E-state index is 10.7. The van der Waals surface area contributed by atoms with Gasteiger partial charge in [0.1, 0.15) is 5.75 Å². The molecule has 120 valence electrons. The van der Waals surface area contributed by atoms with Gasteiger partial charge in [0.25, 0.3) is 5.69 Å². The number of nitrogens with one attached hydrogen (secondary N) is 2. The average Bonchev–Trinajstić information content (AvgIpc) is 2.51. The van der Waals surface area contributed by atoms with Crippen molar-refractivity contribution in [2.75, 3.05) is 17.2 Å². The highest BCUT2D eigenvalue weighted by molar-refractivity contribution is 7.80. The Hall–Kier alpha value is -2.38. The molecule has 0 amide bonds. The van der Waals surface area contributed by atoms with Gasteiger partial charge in [0.05, 0.1) is 27.9 Å². The van der Waals surface area contributed by atoms with Gasteiger partial charge in [-0.1, -0.05) is 23.7 Å². The van der Waals surface area contributed by atoms with Crippen molar-refractivity contribution >= 4 is 46.0 Å². The lowest BCUT2D eigenvalue weighted by Crippen LogP contribution is -2.19. The van der Waals surface area contributed by atoms with E-state index in [1.807, 2.05) is 31.2 Å². The summed E-state index contributed by atoms with van der Waals surface area (Å²) in [5, 5.41) is 17.1. The fourth-order valence-electron chi connectivity index (χ4n) is 1.85. The molecule has 23 heavy (non-hydrogen) atoms. The van der Waals surface area contributed by atoms with Gasteiger partial charge in [-0.2, -0.15) is 0 Å². The van der Waals surface area contributed by atoms with Crippen molar-refractivity contribution in [2.45, 2.75) is 6.92 Å². The van der Waals surface area contributed by atoms with Crippen LogP contribution in [0.25, 0.3) is 0 Å². The summed E-state index contributed by atoms with van der Waals surface area (Å²) in [6, 6.07) is 11.5. The first-order valence-electron chi connectivity index (χ1n) is 6.75. The third-order valence-corrected chi connectivity index (χ3v) is 3.36. The van der Waals surface area contributed by atoms with E-state index in [-0.39, 0.29) is 10.7 Å².